The molecule has 4 aromatic rings. The third-order valence-corrected chi connectivity index (χ3v) is 8.44. The van der Waals surface area contributed by atoms with Crippen molar-refractivity contribution in [3.05, 3.63) is 106 Å². The van der Waals surface area contributed by atoms with E-state index in [0.29, 0.717) is 40.8 Å². The highest BCUT2D eigenvalue weighted by atomic mass is 19.1. The molecule has 42 heavy (non-hydrogen) atoms. The van der Waals surface area contributed by atoms with E-state index in [4.69, 9.17) is 10.5 Å². The molecule has 2 N–H and O–H groups in total. The number of piperidine rings is 1. The normalized spacial score (nSPS) is 15.6. The zero-order valence-electron chi connectivity index (χ0n) is 24.0. The molecule has 8 heteroatoms. The predicted molar refractivity (Wildman–Crippen MR) is 160 cm³/mol. The summed E-state index contributed by atoms with van der Waals surface area (Å²) in [6.45, 7) is 8.19. The lowest BCUT2D eigenvalue weighted by Crippen LogP contribution is -2.38. The number of nitrogens with zero attached hydrogens (tertiary/aromatic N) is 3. The predicted octanol–water partition coefficient (Wildman–Crippen LogP) is 7.24. The molecular weight excluding hydrogens is 534 g/mol. The molecular formula is C34H34F2N4O2. The van der Waals surface area contributed by atoms with E-state index in [0.717, 1.165) is 48.2 Å². The van der Waals surface area contributed by atoms with Gasteiger partial charge in [0.2, 0.25) is 0 Å². The Labute approximate surface area is 244 Å². The second kappa shape index (κ2) is 11.2. The van der Waals surface area contributed by atoms with Gasteiger partial charge in [-0.05, 0) is 123 Å². The molecule has 1 aliphatic heterocycles. The molecule has 0 radical (unpaired) electrons. The molecule has 0 bridgehead atoms. The van der Waals surface area contributed by atoms with Crippen LogP contribution in [0, 0.1) is 18.6 Å². The number of rotatable bonds is 7. The number of hydrogen-bond acceptors (Lipinski definition) is 5. The number of benzene rings is 3. The van der Waals surface area contributed by atoms with Crippen LogP contribution in [0.2, 0.25) is 0 Å². The number of nitrogens with two attached hydrogens (primary N) is 1. The molecule has 0 saturated carbocycles. The van der Waals surface area contributed by atoms with Gasteiger partial charge in [-0.15, -0.1) is 0 Å². The summed E-state index contributed by atoms with van der Waals surface area (Å²) in [5.41, 5.74) is 11.3. The molecule has 1 saturated heterocycles. The van der Waals surface area contributed by atoms with Crippen molar-refractivity contribution in [1.82, 2.24) is 14.7 Å². The summed E-state index contributed by atoms with van der Waals surface area (Å²) in [4.78, 5) is 16.0. The summed E-state index contributed by atoms with van der Waals surface area (Å²) in [6.07, 6.45) is 5.55. The Kier molecular flexibility index (Phi) is 7.41. The fourth-order valence-electron chi connectivity index (χ4n) is 6.06. The molecule has 6 nitrogen and oxygen atoms in total. The number of aryl methyl sites for hydroxylation is 1. The van der Waals surface area contributed by atoms with Gasteiger partial charge < -0.3 is 15.4 Å². The van der Waals surface area contributed by atoms with E-state index in [1.54, 1.807) is 36.4 Å². The molecule has 3 aromatic carbocycles. The number of ketones is 1. The van der Waals surface area contributed by atoms with Crippen LogP contribution < -0.4 is 10.5 Å². The summed E-state index contributed by atoms with van der Waals surface area (Å²) in [5.74, 6) is 0.551. The van der Waals surface area contributed by atoms with Crippen LogP contribution in [0.4, 0.5) is 14.6 Å². The number of allylic oxidation sites excluding steroid dienone is 1. The molecule has 2 heterocycles. The number of likely N-dealkylation sites (tertiary alicyclic amines) is 1. The molecule has 1 aromatic heterocycles. The van der Waals surface area contributed by atoms with Gasteiger partial charge in [-0.1, -0.05) is 6.07 Å². The highest BCUT2D eigenvalue weighted by Crippen LogP contribution is 2.36. The third kappa shape index (κ3) is 5.34. The fourth-order valence-corrected chi connectivity index (χ4v) is 6.06. The second-order valence-corrected chi connectivity index (χ2v) is 11.5. The van der Waals surface area contributed by atoms with Crippen LogP contribution in [-0.4, -0.2) is 39.6 Å². The maximum Gasteiger partial charge on any atom is 0.194 e. The van der Waals surface area contributed by atoms with Gasteiger partial charge in [0.15, 0.2) is 5.78 Å². The van der Waals surface area contributed by atoms with Crippen LogP contribution in [0.5, 0.6) is 11.5 Å². The van der Waals surface area contributed by atoms with Gasteiger partial charge in [0, 0.05) is 24.1 Å². The van der Waals surface area contributed by atoms with Crippen molar-refractivity contribution in [2.24, 2.45) is 0 Å². The summed E-state index contributed by atoms with van der Waals surface area (Å²) >= 11 is 0. The zero-order valence-corrected chi connectivity index (χ0v) is 24.0. The zero-order chi connectivity index (χ0) is 29.5. The molecule has 0 amide bonds. The van der Waals surface area contributed by atoms with E-state index in [2.05, 4.69) is 23.8 Å². The van der Waals surface area contributed by atoms with Gasteiger partial charge in [0.05, 0.1) is 17.4 Å². The van der Waals surface area contributed by atoms with Crippen LogP contribution in [0.25, 0.3) is 11.8 Å². The molecule has 6 rings (SSSR count). The van der Waals surface area contributed by atoms with Crippen LogP contribution in [-0.2, 0) is 6.42 Å². The van der Waals surface area contributed by atoms with Crippen LogP contribution in [0.15, 0.2) is 66.4 Å². The number of carbonyl (C=O) groups excluding carboxylic acids is 1. The maximum absolute atomic E-state index is 15.2. The minimum absolute atomic E-state index is 0.182. The smallest absolute Gasteiger partial charge is 0.194 e. The lowest BCUT2D eigenvalue weighted by Gasteiger charge is -2.35. The molecule has 1 fully saturated rings. The lowest BCUT2D eigenvalue weighted by atomic mass is 9.87. The Morgan fingerprint density at radius 2 is 1.81 bits per heavy atom. The summed E-state index contributed by atoms with van der Waals surface area (Å²) < 4.78 is 36.1. The van der Waals surface area contributed by atoms with Crippen molar-refractivity contribution >= 4 is 17.7 Å². The highest BCUT2D eigenvalue weighted by molar-refractivity contribution is 6.15. The first-order valence-corrected chi connectivity index (χ1v) is 14.4. The quantitative estimate of drug-likeness (QED) is 0.238. The second-order valence-electron chi connectivity index (χ2n) is 11.5. The van der Waals surface area contributed by atoms with Crippen molar-refractivity contribution < 1.29 is 18.3 Å². The van der Waals surface area contributed by atoms with E-state index in [1.165, 1.54) is 23.0 Å². The average molecular weight is 569 g/mol. The van der Waals surface area contributed by atoms with Gasteiger partial charge in [0.1, 0.15) is 29.0 Å². The van der Waals surface area contributed by atoms with Crippen molar-refractivity contribution in [3.8, 4) is 17.2 Å². The molecule has 0 spiro atoms. The average Bonchev–Trinajstić information content (AvgIpc) is 3.55. The minimum atomic E-state index is -0.379. The van der Waals surface area contributed by atoms with Gasteiger partial charge in [-0.25, -0.2) is 13.5 Å². The van der Waals surface area contributed by atoms with E-state index in [9.17, 15) is 9.18 Å². The molecule has 0 unspecified atom stereocenters. The monoisotopic (exact) mass is 568 g/mol. The minimum Gasteiger partial charge on any atom is -0.457 e. The number of aromatic nitrogens is 2. The number of nitrogen functional groups attached to an aromatic ring is 1. The standard InChI is InChI=1S/C34H34F2N4O2/c1-20(2)39-11-9-22(10-12-39)29-16-23-14-25(15-24(23)17-31(29)36)33(41)30-19-38-40(34(30)37)32-8-7-28(13-21(32)3)42-27-6-4-5-26(35)18-27/h4-8,13-14,16-20,22H,9-12,15,37H2,1-3H3. The maximum atomic E-state index is 15.2. The Hall–Kier alpha value is -4.30. The van der Waals surface area contributed by atoms with Crippen molar-refractivity contribution in [2.75, 3.05) is 18.8 Å². The van der Waals surface area contributed by atoms with Crippen LogP contribution in [0.3, 0.4) is 0 Å². The van der Waals surface area contributed by atoms with Crippen LogP contribution in [0.1, 0.15) is 65.2 Å². The van der Waals surface area contributed by atoms with Crippen molar-refractivity contribution in [3.63, 3.8) is 0 Å². The number of carbonyl (C=O) groups is 1. The summed E-state index contributed by atoms with van der Waals surface area (Å²) in [5, 5.41) is 4.41. The third-order valence-electron chi connectivity index (χ3n) is 8.44. The van der Waals surface area contributed by atoms with Crippen LogP contribution >= 0.6 is 0 Å². The summed E-state index contributed by atoms with van der Waals surface area (Å²) in [6, 6.07) is 15.3. The summed E-state index contributed by atoms with van der Waals surface area (Å²) in [7, 11) is 0. The number of hydrogen-bond donors (Lipinski definition) is 1. The molecule has 1 aliphatic carbocycles. The number of halogens is 2. The number of fused-ring (bicyclic) bond motifs is 1. The topological polar surface area (TPSA) is 73.4 Å². The first kappa shape index (κ1) is 27.8. The highest BCUT2D eigenvalue weighted by Gasteiger charge is 2.28. The fraction of sp³-hybridized carbons (Fsp3) is 0.294. The van der Waals surface area contributed by atoms with E-state index < -0.39 is 0 Å². The van der Waals surface area contributed by atoms with Crippen molar-refractivity contribution in [1.29, 1.82) is 0 Å². The van der Waals surface area contributed by atoms with Gasteiger partial charge in [-0.2, -0.15) is 5.10 Å². The lowest BCUT2D eigenvalue weighted by molar-refractivity contribution is 0.103. The van der Waals surface area contributed by atoms with Gasteiger partial charge in [-0.3, -0.25) is 4.79 Å². The van der Waals surface area contributed by atoms with E-state index >= 15 is 4.39 Å². The van der Waals surface area contributed by atoms with Gasteiger partial charge in [0.25, 0.3) is 0 Å². The van der Waals surface area contributed by atoms with Crippen molar-refractivity contribution in [2.45, 2.75) is 52.0 Å². The first-order valence-electron chi connectivity index (χ1n) is 14.4. The molecule has 216 valence electrons. The first-order chi connectivity index (χ1) is 20.2. The number of ether oxygens (including phenoxy) is 1. The Morgan fingerprint density at radius 1 is 1.05 bits per heavy atom. The Bertz CT molecular complexity index is 1700. The molecule has 2 aliphatic rings. The SMILES string of the molecule is Cc1cc(Oc2cccc(F)c2)ccc1-n1ncc(C(=O)C2=Cc3cc(C4CCN(C(C)C)CC4)c(F)cc3C2)c1N. The van der Waals surface area contributed by atoms with E-state index in [1.807, 2.05) is 19.1 Å². The molecule has 0 atom stereocenters. The Balaban J connectivity index is 1.20. The van der Waals surface area contributed by atoms with Gasteiger partial charge >= 0.3 is 0 Å². The number of anilines is 1. The number of Topliss-reactive ketones (excluding diaryl/α,β-unsaturated/α-hetero) is 1. The largest absolute Gasteiger partial charge is 0.457 e. The van der Waals surface area contributed by atoms with E-state index in [-0.39, 0.29) is 29.2 Å². The Morgan fingerprint density at radius 3 is 2.52 bits per heavy atom.